The highest BCUT2D eigenvalue weighted by Crippen LogP contribution is 2.19. The number of esters is 1. The van der Waals surface area contributed by atoms with Crippen molar-refractivity contribution in [3.8, 4) is 0 Å². The third-order valence-electron chi connectivity index (χ3n) is 5.97. The van der Waals surface area contributed by atoms with E-state index in [0.717, 1.165) is 36.1 Å². The number of hydrogen-bond acceptors (Lipinski definition) is 4. The van der Waals surface area contributed by atoms with Crippen molar-refractivity contribution in [3.63, 3.8) is 0 Å². The monoisotopic (exact) mass is 480 g/mol. The normalized spacial score (nSPS) is 10.6. The summed E-state index contributed by atoms with van der Waals surface area (Å²) in [5.74, 6) is -1.08. The topological polar surface area (TPSA) is 84.5 Å². The lowest BCUT2D eigenvalue weighted by atomic mass is 10.1. The Morgan fingerprint density at radius 2 is 1.34 bits per heavy atom. The molecule has 0 saturated heterocycles. The molecule has 0 heterocycles. The molecule has 0 aliphatic carbocycles. The van der Waals surface area contributed by atoms with E-state index in [9.17, 15) is 14.4 Å². The molecule has 0 aromatic heterocycles. The van der Waals surface area contributed by atoms with Crippen LogP contribution in [0.4, 0.5) is 11.4 Å². The number of ether oxygens (including phenoxy) is 1. The molecule has 2 aromatic rings. The van der Waals surface area contributed by atoms with Gasteiger partial charge in [-0.3, -0.25) is 9.59 Å². The third kappa shape index (κ3) is 10.8. The van der Waals surface area contributed by atoms with Gasteiger partial charge in [-0.25, -0.2) is 4.79 Å². The first-order valence-electron chi connectivity index (χ1n) is 12.8. The number of benzene rings is 2. The number of rotatable bonds is 15. The van der Waals surface area contributed by atoms with E-state index in [2.05, 4.69) is 17.6 Å². The molecule has 0 radical (unpaired) electrons. The number of para-hydroxylation sites is 1. The minimum absolute atomic E-state index is 0.0635. The smallest absolute Gasteiger partial charge is 0.338 e. The largest absolute Gasteiger partial charge is 0.452 e. The number of carbonyl (C=O) groups is 3. The van der Waals surface area contributed by atoms with Gasteiger partial charge in [0, 0.05) is 17.8 Å². The van der Waals surface area contributed by atoms with Crippen LogP contribution in [0.15, 0.2) is 42.5 Å². The first-order chi connectivity index (χ1) is 16.9. The Hall–Kier alpha value is -3.15. The summed E-state index contributed by atoms with van der Waals surface area (Å²) < 4.78 is 5.17. The fourth-order valence-electron chi connectivity index (χ4n) is 3.95. The summed E-state index contributed by atoms with van der Waals surface area (Å²) in [6.45, 7) is 5.65. The van der Waals surface area contributed by atoms with Crippen molar-refractivity contribution in [2.45, 2.75) is 85.0 Å². The van der Waals surface area contributed by atoms with Gasteiger partial charge in [-0.05, 0) is 49.6 Å². The maximum atomic E-state index is 12.4. The lowest BCUT2D eigenvalue weighted by Gasteiger charge is -2.12. The highest BCUT2D eigenvalue weighted by Gasteiger charge is 2.13. The molecule has 0 aliphatic heterocycles. The van der Waals surface area contributed by atoms with Crippen LogP contribution in [0.3, 0.4) is 0 Å². The molecular formula is C29H40N2O4. The molecule has 0 saturated carbocycles. The lowest BCUT2D eigenvalue weighted by molar-refractivity contribution is -0.119. The molecule has 35 heavy (non-hydrogen) atoms. The quantitative estimate of drug-likeness (QED) is 0.213. The van der Waals surface area contributed by atoms with Crippen LogP contribution >= 0.6 is 0 Å². The number of aryl methyl sites for hydroxylation is 2. The number of anilines is 2. The van der Waals surface area contributed by atoms with Crippen molar-refractivity contribution in [1.82, 2.24) is 0 Å². The molecule has 0 atom stereocenters. The van der Waals surface area contributed by atoms with E-state index in [0.29, 0.717) is 12.1 Å². The second-order valence-electron chi connectivity index (χ2n) is 9.10. The molecule has 6 nitrogen and oxygen atoms in total. The van der Waals surface area contributed by atoms with E-state index in [1.807, 2.05) is 32.0 Å². The summed E-state index contributed by atoms with van der Waals surface area (Å²) >= 11 is 0. The SMILES string of the molecule is CCCCCCCCCCCC(=O)Nc1cccc(C(=O)OCC(=O)Nc2c(C)cccc2C)c1. The van der Waals surface area contributed by atoms with E-state index in [4.69, 9.17) is 4.74 Å². The van der Waals surface area contributed by atoms with Crippen molar-refractivity contribution in [2.24, 2.45) is 0 Å². The maximum absolute atomic E-state index is 12.4. The number of unbranched alkanes of at least 4 members (excludes halogenated alkanes) is 8. The summed E-state index contributed by atoms with van der Waals surface area (Å²) in [5.41, 5.74) is 3.43. The van der Waals surface area contributed by atoms with Crippen molar-refractivity contribution < 1.29 is 19.1 Å². The van der Waals surface area contributed by atoms with Gasteiger partial charge >= 0.3 is 5.97 Å². The van der Waals surface area contributed by atoms with Gasteiger partial charge in [-0.1, -0.05) is 82.6 Å². The zero-order valence-electron chi connectivity index (χ0n) is 21.5. The van der Waals surface area contributed by atoms with E-state index < -0.39 is 11.9 Å². The maximum Gasteiger partial charge on any atom is 0.338 e. The van der Waals surface area contributed by atoms with Gasteiger partial charge in [-0.2, -0.15) is 0 Å². The van der Waals surface area contributed by atoms with Gasteiger partial charge in [0.1, 0.15) is 0 Å². The third-order valence-corrected chi connectivity index (χ3v) is 5.97. The number of hydrogen-bond donors (Lipinski definition) is 2. The minimum atomic E-state index is -0.614. The molecule has 0 aliphatic rings. The van der Waals surface area contributed by atoms with Crippen LogP contribution in [-0.4, -0.2) is 24.4 Å². The van der Waals surface area contributed by atoms with Gasteiger partial charge in [0.05, 0.1) is 5.56 Å². The number of amides is 2. The fraction of sp³-hybridized carbons (Fsp3) is 0.483. The van der Waals surface area contributed by atoms with E-state index in [1.54, 1.807) is 24.3 Å². The first kappa shape index (κ1) is 28.1. The standard InChI is InChI=1S/C29H40N2O4/c1-4-5-6-7-8-9-10-11-12-19-26(32)30-25-18-14-17-24(20-25)29(34)35-21-27(33)31-28-22(2)15-13-16-23(28)3/h13-18,20H,4-12,19,21H2,1-3H3,(H,30,32)(H,31,33). The Morgan fingerprint density at radius 3 is 2.00 bits per heavy atom. The van der Waals surface area contributed by atoms with Crippen LogP contribution in [0.5, 0.6) is 0 Å². The molecule has 0 fully saturated rings. The van der Waals surface area contributed by atoms with Gasteiger partial charge in [0.15, 0.2) is 6.61 Å². The Bertz CT molecular complexity index is 951. The van der Waals surface area contributed by atoms with Crippen molar-refractivity contribution in [1.29, 1.82) is 0 Å². The molecule has 2 rings (SSSR count). The Kier molecular flexibility index (Phi) is 12.6. The second kappa shape index (κ2) is 15.7. The van der Waals surface area contributed by atoms with E-state index >= 15 is 0 Å². The summed E-state index contributed by atoms with van der Waals surface area (Å²) in [5, 5.41) is 5.64. The molecule has 2 amide bonds. The summed E-state index contributed by atoms with van der Waals surface area (Å²) in [6, 6.07) is 12.3. The zero-order valence-corrected chi connectivity index (χ0v) is 21.5. The predicted octanol–water partition coefficient (Wildman–Crippen LogP) is 6.96. The molecule has 0 spiro atoms. The minimum Gasteiger partial charge on any atom is -0.452 e. The zero-order chi connectivity index (χ0) is 25.5. The molecular weight excluding hydrogens is 440 g/mol. The first-order valence-corrected chi connectivity index (χ1v) is 12.8. The Morgan fingerprint density at radius 1 is 0.743 bits per heavy atom. The highest BCUT2D eigenvalue weighted by atomic mass is 16.5. The highest BCUT2D eigenvalue weighted by molar-refractivity contribution is 5.97. The van der Waals surface area contributed by atoms with Crippen molar-refractivity contribution >= 4 is 29.2 Å². The molecule has 2 N–H and O–H groups in total. The molecule has 190 valence electrons. The molecule has 2 aromatic carbocycles. The Balaban J connectivity index is 1.70. The summed E-state index contributed by atoms with van der Waals surface area (Å²) in [7, 11) is 0. The van der Waals surface area contributed by atoms with Crippen molar-refractivity contribution in [3.05, 3.63) is 59.2 Å². The predicted molar refractivity (Wildman–Crippen MR) is 142 cm³/mol. The van der Waals surface area contributed by atoms with Crippen LogP contribution in [-0.2, 0) is 14.3 Å². The summed E-state index contributed by atoms with van der Waals surface area (Å²) in [6.07, 6.45) is 11.3. The van der Waals surface area contributed by atoms with Gasteiger partial charge < -0.3 is 15.4 Å². The van der Waals surface area contributed by atoms with Gasteiger partial charge in [0.25, 0.3) is 5.91 Å². The molecule has 0 bridgehead atoms. The van der Waals surface area contributed by atoms with Crippen LogP contribution in [0, 0.1) is 13.8 Å². The van der Waals surface area contributed by atoms with Gasteiger partial charge in [0.2, 0.25) is 5.91 Å². The van der Waals surface area contributed by atoms with Crippen LogP contribution < -0.4 is 10.6 Å². The van der Waals surface area contributed by atoms with Crippen molar-refractivity contribution in [2.75, 3.05) is 17.2 Å². The number of carbonyl (C=O) groups excluding carboxylic acids is 3. The lowest BCUT2D eigenvalue weighted by Crippen LogP contribution is -2.22. The average molecular weight is 481 g/mol. The van der Waals surface area contributed by atoms with E-state index in [-0.39, 0.29) is 18.1 Å². The van der Waals surface area contributed by atoms with Crippen LogP contribution in [0.25, 0.3) is 0 Å². The molecule has 0 unspecified atom stereocenters. The average Bonchev–Trinajstić information content (AvgIpc) is 2.84. The summed E-state index contributed by atoms with van der Waals surface area (Å²) in [4.78, 5) is 36.9. The fourth-order valence-corrected chi connectivity index (χ4v) is 3.95. The molecule has 6 heteroatoms. The van der Waals surface area contributed by atoms with Crippen LogP contribution in [0.1, 0.15) is 92.6 Å². The van der Waals surface area contributed by atoms with Crippen LogP contribution in [0.2, 0.25) is 0 Å². The number of nitrogens with one attached hydrogen (secondary N) is 2. The van der Waals surface area contributed by atoms with Gasteiger partial charge in [-0.15, -0.1) is 0 Å². The van der Waals surface area contributed by atoms with E-state index in [1.165, 1.54) is 38.5 Å². The Labute approximate surface area is 209 Å². The second-order valence-corrected chi connectivity index (χ2v) is 9.10.